The standard InChI is InChI=1S/C22H24N2O7/c1-14(2)11-28-16-7-5-6-15(10-16)22(27)30-13-20(25)23-24-21(26)19-12-29-17-8-3-4-9-18(17)31-19/h3-10,14,19H,11-13H2,1-2H3,(H,23,25)(H,24,26). The van der Waals surface area contributed by atoms with Gasteiger partial charge in [-0.2, -0.15) is 0 Å². The van der Waals surface area contributed by atoms with Crippen molar-refractivity contribution in [2.24, 2.45) is 5.92 Å². The number of hydrazine groups is 1. The zero-order valence-electron chi connectivity index (χ0n) is 17.3. The average Bonchev–Trinajstić information content (AvgIpc) is 2.79. The highest BCUT2D eigenvalue weighted by Crippen LogP contribution is 2.30. The molecular formula is C22H24N2O7. The molecule has 0 radical (unpaired) electrons. The summed E-state index contributed by atoms with van der Waals surface area (Å²) in [5.41, 5.74) is 4.66. The van der Waals surface area contributed by atoms with Crippen molar-refractivity contribution in [3.05, 3.63) is 54.1 Å². The van der Waals surface area contributed by atoms with Gasteiger partial charge in [-0.3, -0.25) is 20.4 Å². The van der Waals surface area contributed by atoms with Crippen molar-refractivity contribution in [2.75, 3.05) is 19.8 Å². The van der Waals surface area contributed by atoms with Crippen molar-refractivity contribution in [1.82, 2.24) is 10.9 Å². The molecule has 0 spiro atoms. The summed E-state index contributed by atoms with van der Waals surface area (Å²) in [5.74, 6) is -0.117. The average molecular weight is 428 g/mol. The molecular weight excluding hydrogens is 404 g/mol. The number of rotatable bonds is 7. The molecule has 1 aliphatic rings. The minimum absolute atomic E-state index is 0.00290. The summed E-state index contributed by atoms with van der Waals surface area (Å²) < 4.78 is 21.5. The van der Waals surface area contributed by atoms with Crippen molar-refractivity contribution < 1.29 is 33.3 Å². The van der Waals surface area contributed by atoms with E-state index in [2.05, 4.69) is 10.9 Å². The van der Waals surface area contributed by atoms with E-state index in [0.717, 1.165) is 0 Å². The molecule has 2 aromatic rings. The Hall–Kier alpha value is -3.75. The largest absolute Gasteiger partial charge is 0.493 e. The summed E-state index contributed by atoms with van der Waals surface area (Å²) in [6.07, 6.45) is -0.925. The van der Waals surface area contributed by atoms with Crippen LogP contribution in [0.2, 0.25) is 0 Å². The van der Waals surface area contributed by atoms with Crippen LogP contribution in [-0.4, -0.2) is 43.7 Å². The Balaban J connectivity index is 1.41. The molecule has 2 aromatic carbocycles. The van der Waals surface area contributed by atoms with E-state index in [1.807, 2.05) is 13.8 Å². The minimum atomic E-state index is -0.925. The molecule has 0 fully saturated rings. The molecule has 1 heterocycles. The van der Waals surface area contributed by atoms with Gasteiger partial charge in [0.25, 0.3) is 11.8 Å². The minimum Gasteiger partial charge on any atom is -0.493 e. The van der Waals surface area contributed by atoms with Crippen LogP contribution in [0.5, 0.6) is 17.2 Å². The molecule has 1 aliphatic heterocycles. The summed E-state index contributed by atoms with van der Waals surface area (Å²) in [5, 5.41) is 0. The monoisotopic (exact) mass is 428 g/mol. The Labute approximate surface area is 179 Å². The van der Waals surface area contributed by atoms with E-state index in [0.29, 0.717) is 29.8 Å². The van der Waals surface area contributed by atoms with Crippen molar-refractivity contribution >= 4 is 17.8 Å². The summed E-state index contributed by atoms with van der Waals surface area (Å²) in [4.78, 5) is 36.2. The van der Waals surface area contributed by atoms with Gasteiger partial charge >= 0.3 is 5.97 Å². The van der Waals surface area contributed by atoms with Crippen molar-refractivity contribution in [2.45, 2.75) is 20.0 Å². The molecule has 2 N–H and O–H groups in total. The molecule has 9 nitrogen and oxygen atoms in total. The molecule has 2 amide bonds. The molecule has 164 valence electrons. The van der Waals surface area contributed by atoms with Gasteiger partial charge in [-0.25, -0.2) is 4.79 Å². The van der Waals surface area contributed by atoms with Crippen LogP contribution in [0.25, 0.3) is 0 Å². The van der Waals surface area contributed by atoms with Gasteiger partial charge in [0, 0.05) is 0 Å². The van der Waals surface area contributed by atoms with Crippen LogP contribution in [0, 0.1) is 5.92 Å². The lowest BCUT2D eigenvalue weighted by Crippen LogP contribution is -2.51. The van der Waals surface area contributed by atoms with Crippen molar-refractivity contribution in [3.63, 3.8) is 0 Å². The highest BCUT2D eigenvalue weighted by molar-refractivity contribution is 5.92. The SMILES string of the molecule is CC(C)COc1cccc(C(=O)OCC(=O)NNC(=O)C2COc3ccccc3O2)c1. The van der Waals surface area contributed by atoms with Crippen LogP contribution in [0.15, 0.2) is 48.5 Å². The van der Waals surface area contributed by atoms with E-state index >= 15 is 0 Å². The predicted octanol–water partition coefficient (Wildman–Crippen LogP) is 1.87. The highest BCUT2D eigenvalue weighted by Gasteiger charge is 2.27. The number of para-hydroxylation sites is 2. The Morgan fingerprint density at radius 1 is 1.06 bits per heavy atom. The number of esters is 1. The molecule has 1 unspecified atom stereocenters. The normalized spacial score (nSPS) is 14.5. The quantitative estimate of drug-likeness (QED) is 0.511. The number of hydrogen-bond donors (Lipinski definition) is 2. The van der Waals surface area contributed by atoms with Crippen LogP contribution in [-0.2, 0) is 14.3 Å². The number of carbonyl (C=O) groups is 3. The second kappa shape index (κ2) is 10.3. The van der Waals surface area contributed by atoms with Gasteiger partial charge in [0.1, 0.15) is 12.4 Å². The Morgan fingerprint density at radius 3 is 2.61 bits per heavy atom. The number of hydrogen-bond acceptors (Lipinski definition) is 7. The van der Waals surface area contributed by atoms with Gasteiger partial charge in [-0.15, -0.1) is 0 Å². The third-order valence-electron chi connectivity index (χ3n) is 4.11. The Morgan fingerprint density at radius 2 is 1.84 bits per heavy atom. The molecule has 0 aromatic heterocycles. The number of fused-ring (bicyclic) bond motifs is 1. The maximum atomic E-state index is 12.2. The van der Waals surface area contributed by atoms with Gasteiger partial charge in [0.2, 0.25) is 6.10 Å². The van der Waals surface area contributed by atoms with Gasteiger partial charge in [-0.05, 0) is 36.2 Å². The maximum Gasteiger partial charge on any atom is 0.338 e. The molecule has 3 rings (SSSR count). The second-order valence-electron chi connectivity index (χ2n) is 7.21. The molecule has 0 bridgehead atoms. The lowest BCUT2D eigenvalue weighted by Gasteiger charge is -2.25. The van der Waals surface area contributed by atoms with E-state index < -0.39 is 30.5 Å². The van der Waals surface area contributed by atoms with Crippen LogP contribution in [0.1, 0.15) is 24.2 Å². The lowest BCUT2D eigenvalue weighted by molar-refractivity contribution is -0.135. The topological polar surface area (TPSA) is 112 Å². The fourth-order valence-electron chi connectivity index (χ4n) is 2.59. The van der Waals surface area contributed by atoms with Crippen molar-refractivity contribution in [1.29, 1.82) is 0 Å². The molecule has 9 heteroatoms. The first-order chi connectivity index (χ1) is 14.9. The van der Waals surface area contributed by atoms with Gasteiger partial charge in [-0.1, -0.05) is 32.0 Å². The summed E-state index contributed by atoms with van der Waals surface area (Å²) >= 11 is 0. The summed E-state index contributed by atoms with van der Waals surface area (Å²) in [7, 11) is 0. The van der Waals surface area contributed by atoms with Gasteiger partial charge in [0.15, 0.2) is 18.1 Å². The summed E-state index contributed by atoms with van der Waals surface area (Å²) in [6, 6.07) is 13.4. The number of benzene rings is 2. The first-order valence-corrected chi connectivity index (χ1v) is 9.79. The number of amides is 2. The Bertz CT molecular complexity index is 945. The molecule has 0 saturated heterocycles. The molecule has 1 atom stereocenters. The fraction of sp³-hybridized carbons (Fsp3) is 0.318. The van der Waals surface area contributed by atoms with E-state index in [1.54, 1.807) is 48.5 Å². The smallest absolute Gasteiger partial charge is 0.338 e. The van der Waals surface area contributed by atoms with E-state index in [1.165, 1.54) is 0 Å². The first kappa shape index (κ1) is 21.9. The summed E-state index contributed by atoms with van der Waals surface area (Å²) in [6.45, 7) is 3.98. The van der Waals surface area contributed by atoms with E-state index in [4.69, 9.17) is 18.9 Å². The van der Waals surface area contributed by atoms with Crippen LogP contribution in [0.4, 0.5) is 0 Å². The maximum absolute atomic E-state index is 12.2. The number of carbonyl (C=O) groups excluding carboxylic acids is 3. The van der Waals surface area contributed by atoms with E-state index in [-0.39, 0.29) is 12.2 Å². The lowest BCUT2D eigenvalue weighted by atomic mass is 10.2. The Kier molecular flexibility index (Phi) is 7.31. The van der Waals surface area contributed by atoms with Crippen LogP contribution < -0.4 is 25.1 Å². The van der Waals surface area contributed by atoms with Crippen molar-refractivity contribution in [3.8, 4) is 17.2 Å². The zero-order valence-corrected chi connectivity index (χ0v) is 17.3. The van der Waals surface area contributed by atoms with Gasteiger partial charge in [0.05, 0.1) is 12.2 Å². The third kappa shape index (κ3) is 6.36. The first-order valence-electron chi connectivity index (χ1n) is 9.79. The predicted molar refractivity (Wildman–Crippen MR) is 110 cm³/mol. The zero-order chi connectivity index (χ0) is 22.2. The van der Waals surface area contributed by atoms with Crippen LogP contribution >= 0.6 is 0 Å². The second-order valence-corrected chi connectivity index (χ2v) is 7.21. The molecule has 31 heavy (non-hydrogen) atoms. The van der Waals surface area contributed by atoms with E-state index in [9.17, 15) is 14.4 Å². The van der Waals surface area contributed by atoms with Gasteiger partial charge < -0.3 is 18.9 Å². The molecule has 0 saturated carbocycles. The third-order valence-corrected chi connectivity index (χ3v) is 4.11. The van der Waals surface area contributed by atoms with Crippen LogP contribution in [0.3, 0.4) is 0 Å². The molecule has 0 aliphatic carbocycles. The fourth-order valence-corrected chi connectivity index (χ4v) is 2.59. The highest BCUT2D eigenvalue weighted by atomic mass is 16.6. The number of ether oxygens (including phenoxy) is 4. The number of nitrogens with one attached hydrogen (secondary N) is 2.